The van der Waals surface area contributed by atoms with Crippen molar-refractivity contribution in [1.82, 2.24) is 4.90 Å². The second-order valence-corrected chi connectivity index (χ2v) is 6.58. The number of morpholine rings is 1. The van der Waals surface area contributed by atoms with E-state index in [1.54, 1.807) is 6.92 Å². The summed E-state index contributed by atoms with van der Waals surface area (Å²) in [4.78, 5) is 1.43. The van der Waals surface area contributed by atoms with Crippen LogP contribution in [0.4, 0.5) is 13.2 Å². The monoisotopic (exact) mass is 282 g/mol. The van der Waals surface area contributed by atoms with Crippen LogP contribution in [0, 0.1) is 0 Å². The molecule has 0 radical (unpaired) electrons. The number of hydrogen-bond donors (Lipinski definition) is 1. The minimum atomic E-state index is -4.32. The Balaban J connectivity index is 3.02. The summed E-state index contributed by atoms with van der Waals surface area (Å²) in [6.45, 7) is 9.39. The SMILES string of the molecule is CCC(N)C(N1CC(C)(C)OC(C)(C)C1)C(F)(F)F. The van der Waals surface area contributed by atoms with Gasteiger partial charge in [-0.2, -0.15) is 13.2 Å². The Morgan fingerprint density at radius 2 is 1.58 bits per heavy atom. The van der Waals surface area contributed by atoms with E-state index in [1.807, 2.05) is 27.7 Å². The lowest BCUT2D eigenvalue weighted by Crippen LogP contribution is -2.66. The Bertz CT molecular complexity index is 300. The van der Waals surface area contributed by atoms with E-state index < -0.39 is 29.5 Å². The van der Waals surface area contributed by atoms with Crippen LogP contribution in [0.5, 0.6) is 0 Å². The van der Waals surface area contributed by atoms with Crippen molar-refractivity contribution in [3.8, 4) is 0 Å². The van der Waals surface area contributed by atoms with Gasteiger partial charge in [-0.05, 0) is 34.1 Å². The fourth-order valence-corrected chi connectivity index (χ4v) is 2.99. The number of rotatable bonds is 3. The molecule has 114 valence electrons. The normalized spacial score (nSPS) is 27.0. The quantitative estimate of drug-likeness (QED) is 0.864. The van der Waals surface area contributed by atoms with Gasteiger partial charge in [0.1, 0.15) is 6.04 Å². The van der Waals surface area contributed by atoms with Crippen molar-refractivity contribution in [2.75, 3.05) is 13.1 Å². The molecule has 6 heteroatoms. The first-order valence-electron chi connectivity index (χ1n) is 6.64. The number of ether oxygens (including phenoxy) is 1. The highest BCUT2D eigenvalue weighted by atomic mass is 19.4. The van der Waals surface area contributed by atoms with Gasteiger partial charge in [-0.1, -0.05) is 6.92 Å². The lowest BCUT2D eigenvalue weighted by atomic mass is 9.94. The summed E-state index contributed by atoms with van der Waals surface area (Å²) in [6.07, 6.45) is -4.03. The summed E-state index contributed by atoms with van der Waals surface area (Å²) in [5, 5.41) is 0. The summed E-state index contributed by atoms with van der Waals surface area (Å²) < 4.78 is 45.7. The molecule has 0 aliphatic carbocycles. The van der Waals surface area contributed by atoms with Crippen LogP contribution in [0.1, 0.15) is 41.0 Å². The molecule has 0 bridgehead atoms. The molecular weight excluding hydrogens is 257 g/mol. The minimum Gasteiger partial charge on any atom is -0.367 e. The van der Waals surface area contributed by atoms with Crippen molar-refractivity contribution in [1.29, 1.82) is 0 Å². The molecule has 0 amide bonds. The Labute approximate surface area is 113 Å². The Morgan fingerprint density at radius 1 is 1.16 bits per heavy atom. The number of hydrogen-bond acceptors (Lipinski definition) is 3. The van der Waals surface area contributed by atoms with Gasteiger partial charge in [0, 0.05) is 19.1 Å². The molecule has 1 rings (SSSR count). The molecule has 0 aromatic carbocycles. The van der Waals surface area contributed by atoms with Gasteiger partial charge in [-0.25, -0.2) is 0 Å². The van der Waals surface area contributed by atoms with E-state index in [2.05, 4.69) is 0 Å². The lowest BCUT2D eigenvalue weighted by molar-refractivity contribution is -0.239. The Kier molecular flexibility index (Phi) is 4.59. The molecule has 1 fully saturated rings. The average molecular weight is 282 g/mol. The third kappa shape index (κ3) is 4.33. The molecule has 0 aromatic rings. The zero-order valence-corrected chi connectivity index (χ0v) is 12.3. The maximum atomic E-state index is 13.3. The van der Waals surface area contributed by atoms with Crippen LogP contribution in [0.3, 0.4) is 0 Å². The van der Waals surface area contributed by atoms with Crippen LogP contribution in [-0.4, -0.2) is 47.5 Å². The largest absolute Gasteiger partial charge is 0.405 e. The third-order valence-corrected chi connectivity index (χ3v) is 3.33. The van der Waals surface area contributed by atoms with Crippen molar-refractivity contribution in [2.45, 2.75) is 70.5 Å². The molecule has 0 aromatic heterocycles. The number of alkyl halides is 3. The highest BCUT2D eigenvalue weighted by Gasteiger charge is 2.51. The van der Waals surface area contributed by atoms with Crippen molar-refractivity contribution >= 4 is 0 Å². The maximum Gasteiger partial charge on any atom is 0.405 e. The van der Waals surface area contributed by atoms with Gasteiger partial charge in [0.2, 0.25) is 0 Å². The molecule has 1 saturated heterocycles. The molecule has 1 aliphatic heterocycles. The number of halogens is 3. The molecule has 2 N–H and O–H groups in total. The standard InChI is InChI=1S/C13H25F3N2O/c1-6-9(17)10(13(14,15)16)18-7-11(2,3)19-12(4,5)8-18/h9-10H,6-8,17H2,1-5H3. The zero-order valence-electron chi connectivity index (χ0n) is 12.3. The summed E-state index contributed by atoms with van der Waals surface area (Å²) in [6, 6.07) is -2.52. The second kappa shape index (κ2) is 5.22. The molecule has 1 aliphatic rings. The highest BCUT2D eigenvalue weighted by Crippen LogP contribution is 2.35. The van der Waals surface area contributed by atoms with Crippen LogP contribution >= 0.6 is 0 Å². The van der Waals surface area contributed by atoms with Crippen molar-refractivity contribution in [2.24, 2.45) is 5.73 Å². The van der Waals surface area contributed by atoms with Gasteiger partial charge in [0.15, 0.2) is 0 Å². The maximum absolute atomic E-state index is 13.3. The summed E-state index contributed by atoms with van der Waals surface area (Å²) in [7, 11) is 0. The Morgan fingerprint density at radius 3 is 1.89 bits per heavy atom. The molecule has 2 unspecified atom stereocenters. The predicted octanol–water partition coefficient (Wildman–Crippen LogP) is 2.54. The second-order valence-electron chi connectivity index (χ2n) is 6.58. The van der Waals surface area contributed by atoms with Crippen LogP contribution in [-0.2, 0) is 4.74 Å². The van der Waals surface area contributed by atoms with Crippen LogP contribution in [0.15, 0.2) is 0 Å². The minimum absolute atomic E-state index is 0.230. The highest BCUT2D eigenvalue weighted by molar-refractivity contribution is 4.97. The van der Waals surface area contributed by atoms with Crippen molar-refractivity contribution in [3.05, 3.63) is 0 Å². The summed E-state index contributed by atoms with van der Waals surface area (Å²) >= 11 is 0. The van der Waals surface area contributed by atoms with E-state index >= 15 is 0 Å². The first kappa shape index (κ1) is 16.7. The first-order valence-corrected chi connectivity index (χ1v) is 6.64. The van der Waals surface area contributed by atoms with E-state index in [1.165, 1.54) is 4.90 Å². The lowest BCUT2D eigenvalue weighted by Gasteiger charge is -2.50. The molecular formula is C13H25F3N2O. The van der Waals surface area contributed by atoms with Gasteiger partial charge in [0.25, 0.3) is 0 Å². The molecule has 3 nitrogen and oxygen atoms in total. The fraction of sp³-hybridized carbons (Fsp3) is 1.00. The van der Waals surface area contributed by atoms with E-state index in [4.69, 9.17) is 10.5 Å². The smallest absolute Gasteiger partial charge is 0.367 e. The van der Waals surface area contributed by atoms with E-state index in [0.717, 1.165) is 0 Å². The van der Waals surface area contributed by atoms with Gasteiger partial charge < -0.3 is 10.5 Å². The zero-order chi connectivity index (χ0) is 15.1. The van der Waals surface area contributed by atoms with E-state index in [0.29, 0.717) is 6.42 Å². The fourth-order valence-electron chi connectivity index (χ4n) is 2.99. The van der Waals surface area contributed by atoms with Gasteiger partial charge >= 0.3 is 6.18 Å². The van der Waals surface area contributed by atoms with Gasteiger partial charge in [-0.15, -0.1) is 0 Å². The third-order valence-electron chi connectivity index (χ3n) is 3.33. The Hall–Kier alpha value is -0.330. The van der Waals surface area contributed by atoms with Crippen LogP contribution < -0.4 is 5.73 Å². The van der Waals surface area contributed by atoms with Crippen LogP contribution in [0.2, 0.25) is 0 Å². The molecule has 0 saturated carbocycles. The topological polar surface area (TPSA) is 38.5 Å². The molecule has 2 atom stereocenters. The van der Waals surface area contributed by atoms with Crippen molar-refractivity contribution < 1.29 is 17.9 Å². The predicted molar refractivity (Wildman–Crippen MR) is 68.9 cm³/mol. The molecule has 1 heterocycles. The average Bonchev–Trinajstić information content (AvgIpc) is 2.09. The molecule has 0 spiro atoms. The summed E-state index contributed by atoms with van der Waals surface area (Å²) in [5.41, 5.74) is 4.48. The van der Waals surface area contributed by atoms with E-state index in [9.17, 15) is 13.2 Å². The van der Waals surface area contributed by atoms with E-state index in [-0.39, 0.29) is 13.1 Å². The van der Waals surface area contributed by atoms with Gasteiger partial charge in [-0.3, -0.25) is 4.90 Å². The van der Waals surface area contributed by atoms with Crippen molar-refractivity contribution in [3.63, 3.8) is 0 Å². The van der Waals surface area contributed by atoms with Gasteiger partial charge in [0.05, 0.1) is 11.2 Å². The molecule has 19 heavy (non-hydrogen) atoms. The first-order chi connectivity index (χ1) is 8.38. The number of nitrogens with zero attached hydrogens (tertiary/aromatic N) is 1. The number of nitrogens with two attached hydrogens (primary N) is 1. The van der Waals surface area contributed by atoms with Crippen LogP contribution in [0.25, 0.3) is 0 Å². The summed E-state index contributed by atoms with van der Waals surface area (Å²) in [5.74, 6) is 0.